The van der Waals surface area contributed by atoms with Crippen molar-refractivity contribution in [3.8, 4) is 0 Å². The Morgan fingerprint density at radius 1 is 1.19 bits per heavy atom. The van der Waals surface area contributed by atoms with E-state index in [0.717, 1.165) is 25.8 Å². The van der Waals surface area contributed by atoms with Crippen LogP contribution >= 0.6 is 0 Å². The molecule has 0 aliphatic heterocycles. The van der Waals surface area contributed by atoms with Gasteiger partial charge in [-0.1, -0.05) is 33.6 Å². The molecule has 1 amide bonds. The van der Waals surface area contributed by atoms with Crippen molar-refractivity contribution in [2.24, 2.45) is 5.92 Å². The van der Waals surface area contributed by atoms with Crippen LogP contribution < -0.4 is 10.6 Å². The van der Waals surface area contributed by atoms with Crippen molar-refractivity contribution in [3.63, 3.8) is 0 Å². The first kappa shape index (κ1) is 17.4. The lowest BCUT2D eigenvalue weighted by molar-refractivity contribution is 0.0932. The van der Waals surface area contributed by atoms with Gasteiger partial charge in [-0.25, -0.2) is 9.97 Å². The monoisotopic (exact) mass is 292 g/mol. The van der Waals surface area contributed by atoms with Crippen LogP contribution in [0.1, 0.15) is 63.9 Å². The summed E-state index contributed by atoms with van der Waals surface area (Å²) in [5, 5.41) is 6.11. The van der Waals surface area contributed by atoms with E-state index in [9.17, 15) is 4.79 Å². The zero-order valence-electron chi connectivity index (χ0n) is 13.6. The molecule has 0 aliphatic rings. The summed E-state index contributed by atoms with van der Waals surface area (Å²) in [6.45, 7) is 9.40. The molecule has 1 aromatic heterocycles. The maximum atomic E-state index is 12.0. The number of hydrogen-bond acceptors (Lipinski definition) is 4. The van der Waals surface area contributed by atoms with Gasteiger partial charge < -0.3 is 10.6 Å². The Balaban J connectivity index is 2.40. The van der Waals surface area contributed by atoms with Crippen LogP contribution in [0.5, 0.6) is 0 Å². The molecule has 0 bridgehead atoms. The van der Waals surface area contributed by atoms with E-state index in [1.165, 1.54) is 12.6 Å². The highest BCUT2D eigenvalue weighted by molar-refractivity contribution is 5.92. The SMILES string of the molecule is CCCNc1cnc(C(=O)NC(C)CCCC(C)C)cn1. The molecule has 1 aromatic rings. The van der Waals surface area contributed by atoms with Crippen molar-refractivity contribution in [1.82, 2.24) is 15.3 Å². The van der Waals surface area contributed by atoms with Gasteiger partial charge in [-0.2, -0.15) is 0 Å². The molecule has 1 heterocycles. The van der Waals surface area contributed by atoms with E-state index in [1.54, 1.807) is 6.20 Å². The molecule has 1 unspecified atom stereocenters. The van der Waals surface area contributed by atoms with Crippen molar-refractivity contribution in [2.75, 3.05) is 11.9 Å². The van der Waals surface area contributed by atoms with Crippen LogP contribution in [0, 0.1) is 5.92 Å². The smallest absolute Gasteiger partial charge is 0.271 e. The number of carbonyl (C=O) groups is 1. The lowest BCUT2D eigenvalue weighted by Gasteiger charge is -2.14. The van der Waals surface area contributed by atoms with Crippen LogP contribution in [0.15, 0.2) is 12.4 Å². The van der Waals surface area contributed by atoms with Crippen LogP contribution in [0.4, 0.5) is 5.82 Å². The zero-order chi connectivity index (χ0) is 15.7. The Hall–Kier alpha value is -1.65. The topological polar surface area (TPSA) is 66.9 Å². The molecule has 21 heavy (non-hydrogen) atoms. The molecule has 118 valence electrons. The molecule has 0 spiro atoms. The largest absolute Gasteiger partial charge is 0.369 e. The molecule has 0 aromatic carbocycles. The summed E-state index contributed by atoms with van der Waals surface area (Å²) in [6, 6.07) is 0.163. The lowest BCUT2D eigenvalue weighted by Crippen LogP contribution is -2.33. The van der Waals surface area contributed by atoms with Gasteiger partial charge in [-0.3, -0.25) is 4.79 Å². The summed E-state index contributed by atoms with van der Waals surface area (Å²) >= 11 is 0. The number of anilines is 1. The van der Waals surface area contributed by atoms with E-state index < -0.39 is 0 Å². The Morgan fingerprint density at radius 3 is 2.52 bits per heavy atom. The average Bonchev–Trinajstić information content (AvgIpc) is 2.45. The van der Waals surface area contributed by atoms with Crippen LogP contribution in [-0.4, -0.2) is 28.5 Å². The molecule has 0 saturated heterocycles. The van der Waals surface area contributed by atoms with E-state index in [-0.39, 0.29) is 11.9 Å². The number of carbonyl (C=O) groups excluding carboxylic acids is 1. The number of nitrogens with one attached hydrogen (secondary N) is 2. The maximum absolute atomic E-state index is 12.0. The van der Waals surface area contributed by atoms with Gasteiger partial charge in [-0.05, 0) is 25.7 Å². The van der Waals surface area contributed by atoms with E-state index >= 15 is 0 Å². The first-order valence-electron chi connectivity index (χ1n) is 7.89. The highest BCUT2D eigenvalue weighted by Gasteiger charge is 2.11. The van der Waals surface area contributed by atoms with Gasteiger partial charge in [0, 0.05) is 12.6 Å². The van der Waals surface area contributed by atoms with Gasteiger partial charge in [0.2, 0.25) is 0 Å². The van der Waals surface area contributed by atoms with E-state index in [4.69, 9.17) is 0 Å². The Bertz CT molecular complexity index is 417. The lowest BCUT2D eigenvalue weighted by atomic mass is 10.0. The predicted octanol–water partition coefficient (Wildman–Crippen LogP) is 3.24. The molecular formula is C16H28N4O. The van der Waals surface area contributed by atoms with E-state index in [1.807, 2.05) is 6.92 Å². The Morgan fingerprint density at radius 2 is 1.95 bits per heavy atom. The number of nitrogens with zero attached hydrogens (tertiary/aromatic N) is 2. The molecule has 5 nitrogen and oxygen atoms in total. The molecule has 1 rings (SSSR count). The fourth-order valence-electron chi connectivity index (χ4n) is 1.99. The highest BCUT2D eigenvalue weighted by Crippen LogP contribution is 2.09. The molecule has 0 radical (unpaired) electrons. The predicted molar refractivity (Wildman–Crippen MR) is 86.4 cm³/mol. The van der Waals surface area contributed by atoms with Crippen molar-refractivity contribution < 1.29 is 4.79 Å². The first-order valence-corrected chi connectivity index (χ1v) is 7.89. The number of hydrogen-bond donors (Lipinski definition) is 2. The normalized spacial score (nSPS) is 12.2. The summed E-state index contributed by atoms with van der Waals surface area (Å²) in [7, 11) is 0. The van der Waals surface area contributed by atoms with Gasteiger partial charge in [0.15, 0.2) is 0 Å². The van der Waals surface area contributed by atoms with Crippen LogP contribution in [-0.2, 0) is 0 Å². The standard InChI is InChI=1S/C16H28N4O/c1-5-9-17-15-11-18-14(10-19-15)16(21)20-13(4)8-6-7-12(2)3/h10-13H,5-9H2,1-4H3,(H,17,19)(H,20,21). The fraction of sp³-hybridized carbons (Fsp3) is 0.688. The Labute approximate surface area is 128 Å². The van der Waals surface area contributed by atoms with E-state index in [2.05, 4.69) is 41.4 Å². The fourth-order valence-corrected chi connectivity index (χ4v) is 1.99. The third-order valence-corrected chi connectivity index (χ3v) is 3.24. The molecule has 0 aliphatic carbocycles. The molecule has 2 N–H and O–H groups in total. The molecular weight excluding hydrogens is 264 g/mol. The quantitative estimate of drug-likeness (QED) is 0.733. The molecule has 5 heteroatoms. The average molecular weight is 292 g/mol. The van der Waals surface area contributed by atoms with Gasteiger partial charge in [0.25, 0.3) is 5.91 Å². The molecule has 0 fully saturated rings. The van der Waals surface area contributed by atoms with Crippen molar-refractivity contribution in [1.29, 1.82) is 0 Å². The van der Waals surface area contributed by atoms with Gasteiger partial charge >= 0.3 is 0 Å². The Kier molecular flexibility index (Phi) is 7.72. The minimum Gasteiger partial charge on any atom is -0.369 e. The third kappa shape index (κ3) is 7.06. The number of aromatic nitrogens is 2. The second-order valence-electron chi connectivity index (χ2n) is 5.91. The maximum Gasteiger partial charge on any atom is 0.271 e. The summed E-state index contributed by atoms with van der Waals surface area (Å²) < 4.78 is 0. The van der Waals surface area contributed by atoms with Crippen LogP contribution in [0.3, 0.4) is 0 Å². The highest BCUT2D eigenvalue weighted by atomic mass is 16.1. The van der Waals surface area contributed by atoms with Gasteiger partial charge in [0.05, 0.1) is 12.4 Å². The van der Waals surface area contributed by atoms with Crippen LogP contribution in [0.2, 0.25) is 0 Å². The molecule has 0 saturated carbocycles. The first-order chi connectivity index (χ1) is 10.0. The zero-order valence-corrected chi connectivity index (χ0v) is 13.6. The number of amides is 1. The van der Waals surface area contributed by atoms with Crippen molar-refractivity contribution in [3.05, 3.63) is 18.1 Å². The summed E-state index contributed by atoms with van der Waals surface area (Å²) in [4.78, 5) is 20.4. The van der Waals surface area contributed by atoms with Gasteiger partial charge in [0.1, 0.15) is 11.5 Å². The van der Waals surface area contributed by atoms with Gasteiger partial charge in [-0.15, -0.1) is 0 Å². The second kappa shape index (κ2) is 9.32. The van der Waals surface area contributed by atoms with Crippen LogP contribution in [0.25, 0.3) is 0 Å². The van der Waals surface area contributed by atoms with Crippen molar-refractivity contribution in [2.45, 2.75) is 59.4 Å². The summed E-state index contributed by atoms with van der Waals surface area (Å²) in [6.07, 6.45) is 7.47. The number of rotatable bonds is 9. The second-order valence-corrected chi connectivity index (χ2v) is 5.91. The van der Waals surface area contributed by atoms with E-state index in [0.29, 0.717) is 17.4 Å². The third-order valence-electron chi connectivity index (χ3n) is 3.24. The minimum absolute atomic E-state index is 0.151. The van der Waals surface area contributed by atoms with Crippen molar-refractivity contribution >= 4 is 11.7 Å². The summed E-state index contributed by atoms with van der Waals surface area (Å²) in [5.74, 6) is 1.27. The minimum atomic E-state index is -0.151. The summed E-state index contributed by atoms with van der Waals surface area (Å²) in [5.41, 5.74) is 0.368. The molecule has 1 atom stereocenters.